The minimum Gasteiger partial charge on any atom is -0.289 e. The summed E-state index contributed by atoms with van der Waals surface area (Å²) in [6, 6.07) is 18.9. The number of Topliss-reactive ketones (excluding diaryl/α,β-unsaturated/α-hetero) is 1. The SMILES string of the molecule is C[S+](CC(=O)c1ccccc1)c1ccc(C#N)cc1.Fc1c(F)c(F)c([B-](c2c(F)c(F)c(F)c(F)c2F)(c2c(F)c(F)c(F)c(F)c2F)c2c(F)c(F)c(F)c(F)c2F)c(F)c1F. The zero-order chi connectivity index (χ0) is 48.0. The van der Waals surface area contributed by atoms with Crippen LogP contribution in [0.5, 0.6) is 0 Å². The molecule has 0 aliphatic heterocycles. The number of halogens is 20. The fourth-order valence-electron chi connectivity index (χ4n) is 6.62. The first-order chi connectivity index (χ1) is 29.9. The van der Waals surface area contributed by atoms with Gasteiger partial charge in [0.25, 0.3) is 0 Å². The van der Waals surface area contributed by atoms with Gasteiger partial charge in [0.05, 0.1) is 11.6 Å². The lowest BCUT2D eigenvalue weighted by molar-refractivity contribution is 0.102. The third-order valence-electron chi connectivity index (χ3n) is 9.54. The zero-order valence-electron chi connectivity index (χ0n) is 30.8. The van der Waals surface area contributed by atoms with Gasteiger partial charge in [0, 0.05) is 16.5 Å². The van der Waals surface area contributed by atoms with Crippen molar-refractivity contribution in [2.45, 2.75) is 4.90 Å². The Morgan fingerprint density at radius 3 is 0.922 bits per heavy atom. The number of hydrogen-bond donors (Lipinski definition) is 0. The fraction of sp³-hybridized carbons (Fsp3) is 0.0500. The molecule has 0 saturated heterocycles. The zero-order valence-corrected chi connectivity index (χ0v) is 31.6. The van der Waals surface area contributed by atoms with Crippen LogP contribution in [-0.2, 0) is 10.9 Å². The fourth-order valence-corrected chi connectivity index (χ4v) is 7.95. The van der Waals surface area contributed by atoms with E-state index in [1.54, 1.807) is 12.1 Å². The summed E-state index contributed by atoms with van der Waals surface area (Å²) in [6.07, 6.45) is -5.16. The van der Waals surface area contributed by atoms with Crippen LogP contribution < -0.4 is 21.9 Å². The first-order valence-corrected chi connectivity index (χ1v) is 18.7. The lowest BCUT2D eigenvalue weighted by Crippen LogP contribution is -2.81. The Morgan fingerprint density at radius 2 is 0.672 bits per heavy atom. The molecule has 0 aromatic heterocycles. The molecule has 24 heteroatoms. The van der Waals surface area contributed by atoms with Crippen LogP contribution in [0.2, 0.25) is 0 Å². The highest BCUT2D eigenvalue weighted by molar-refractivity contribution is 7.96. The van der Waals surface area contributed by atoms with Crippen molar-refractivity contribution in [3.8, 4) is 6.07 Å². The summed E-state index contributed by atoms with van der Waals surface area (Å²) >= 11 is 0. The molecule has 0 aliphatic carbocycles. The summed E-state index contributed by atoms with van der Waals surface area (Å²) in [7, 11) is -0.133. The Hall–Kier alpha value is -6.51. The number of carbonyl (C=O) groups excluding carboxylic acids is 1. The summed E-state index contributed by atoms with van der Waals surface area (Å²) in [6.45, 7) is 0. The highest BCUT2D eigenvalue weighted by atomic mass is 32.2. The van der Waals surface area contributed by atoms with Gasteiger partial charge in [-0.05, 0) is 24.3 Å². The highest BCUT2D eigenvalue weighted by Crippen LogP contribution is 2.31. The first-order valence-electron chi connectivity index (χ1n) is 16.8. The quantitative estimate of drug-likeness (QED) is 0.0383. The van der Waals surface area contributed by atoms with Crippen molar-refractivity contribution in [2.24, 2.45) is 0 Å². The summed E-state index contributed by atoms with van der Waals surface area (Å²) in [5.41, 5.74) is -12.9. The third-order valence-corrected chi connectivity index (χ3v) is 11.3. The number of hydrogen-bond acceptors (Lipinski definition) is 2. The second kappa shape index (κ2) is 18.3. The van der Waals surface area contributed by atoms with Gasteiger partial charge in [0.15, 0.2) is 80.5 Å². The highest BCUT2D eigenvalue weighted by Gasteiger charge is 2.52. The van der Waals surface area contributed by atoms with Crippen LogP contribution in [0.4, 0.5) is 87.8 Å². The number of benzene rings is 6. The molecule has 64 heavy (non-hydrogen) atoms. The van der Waals surface area contributed by atoms with Crippen LogP contribution in [0.25, 0.3) is 0 Å². The molecule has 334 valence electrons. The predicted molar refractivity (Wildman–Crippen MR) is 188 cm³/mol. The molecule has 0 spiro atoms. The molecule has 6 aromatic rings. The van der Waals surface area contributed by atoms with E-state index in [9.17, 15) is 57.5 Å². The Bertz CT molecular complexity index is 2530. The summed E-state index contributed by atoms with van der Waals surface area (Å²) < 4.78 is 294. The van der Waals surface area contributed by atoms with Crippen molar-refractivity contribution >= 4 is 44.7 Å². The number of nitriles is 1. The maximum atomic E-state index is 15.4. The second-order valence-corrected chi connectivity index (χ2v) is 15.0. The molecule has 0 fully saturated rings. The molecule has 0 aliphatic rings. The maximum absolute atomic E-state index is 15.4. The van der Waals surface area contributed by atoms with Gasteiger partial charge in [-0.3, -0.25) is 4.79 Å². The van der Waals surface area contributed by atoms with Crippen molar-refractivity contribution in [3.05, 3.63) is 182 Å². The van der Waals surface area contributed by atoms with Gasteiger partial charge in [0.1, 0.15) is 58.9 Å². The van der Waals surface area contributed by atoms with Crippen LogP contribution in [0.3, 0.4) is 0 Å². The normalized spacial score (nSPS) is 11.9. The maximum Gasteiger partial charge on any atom is 0.212 e. The molecule has 1 unspecified atom stereocenters. The minimum absolute atomic E-state index is 0.133. The van der Waals surface area contributed by atoms with Gasteiger partial charge < -0.3 is 0 Å². The van der Waals surface area contributed by atoms with Crippen molar-refractivity contribution in [3.63, 3.8) is 0 Å². The van der Waals surface area contributed by atoms with Crippen molar-refractivity contribution in [1.82, 2.24) is 0 Å². The van der Waals surface area contributed by atoms with Crippen LogP contribution in [0, 0.1) is 128 Å². The van der Waals surface area contributed by atoms with Gasteiger partial charge in [0.2, 0.25) is 5.78 Å². The van der Waals surface area contributed by atoms with Crippen molar-refractivity contribution < 1.29 is 92.6 Å². The topological polar surface area (TPSA) is 40.9 Å². The minimum atomic E-state index is -7.22. The van der Waals surface area contributed by atoms with Crippen molar-refractivity contribution in [1.29, 1.82) is 5.26 Å². The molecule has 6 aromatic carbocycles. The van der Waals surface area contributed by atoms with Gasteiger partial charge in [-0.1, -0.05) is 30.3 Å². The third kappa shape index (κ3) is 7.79. The lowest BCUT2D eigenvalue weighted by Gasteiger charge is -2.44. The van der Waals surface area contributed by atoms with Crippen LogP contribution >= 0.6 is 0 Å². The monoisotopic (exact) mass is 947 g/mol. The summed E-state index contributed by atoms with van der Waals surface area (Å²) in [5, 5.41) is 8.76. The lowest BCUT2D eigenvalue weighted by atomic mass is 9.12. The van der Waals surface area contributed by atoms with Gasteiger partial charge in [-0.2, -0.15) is 5.26 Å². The van der Waals surface area contributed by atoms with Crippen LogP contribution in [0.15, 0.2) is 59.5 Å². The average molecular weight is 947 g/mol. The summed E-state index contributed by atoms with van der Waals surface area (Å²) in [5.74, 6) is -70.7. The standard InChI is InChI=1S/C24BF20.C16H14NOS/c26-5-1(6(27)14(35)21(42)13(5)34)25(2-7(28)15(36)22(43)16(37)8(2)29,3-9(30)17(38)23(44)18(39)10(3)31)4-11(32)19(40)24(45)20(41)12(4)33;1-19(15-9-7-13(11-17)8-10-15)12-16(18)14-5-3-2-4-6-14/h;2-10H,12H2,1H3/q-1;+1. The van der Waals surface area contributed by atoms with Crippen LogP contribution in [0.1, 0.15) is 15.9 Å². The molecular formula is C40H14BF20NOS. The van der Waals surface area contributed by atoms with E-state index >= 15 is 35.1 Å². The van der Waals surface area contributed by atoms with Gasteiger partial charge in [-0.15, -0.1) is 21.9 Å². The molecule has 0 N–H and O–H groups in total. The largest absolute Gasteiger partial charge is 0.289 e. The van der Waals surface area contributed by atoms with E-state index in [4.69, 9.17) is 5.26 Å². The number of ketones is 1. The van der Waals surface area contributed by atoms with E-state index in [1.165, 1.54) is 0 Å². The number of carbonyl (C=O) groups is 1. The van der Waals surface area contributed by atoms with Crippen LogP contribution in [-0.4, -0.2) is 23.9 Å². The second-order valence-electron chi connectivity index (χ2n) is 13.0. The molecule has 0 bridgehead atoms. The van der Waals surface area contributed by atoms with E-state index in [2.05, 4.69) is 12.3 Å². The Labute approximate surface area is 347 Å². The Morgan fingerprint density at radius 1 is 0.422 bits per heavy atom. The van der Waals surface area contributed by atoms with Gasteiger partial charge in [-0.25, -0.2) is 87.8 Å². The van der Waals surface area contributed by atoms with Gasteiger partial charge >= 0.3 is 0 Å². The van der Waals surface area contributed by atoms with E-state index in [-0.39, 0.29) is 16.7 Å². The van der Waals surface area contributed by atoms with E-state index in [1.807, 2.05) is 42.5 Å². The Kier molecular flexibility index (Phi) is 13.9. The molecule has 0 radical (unpaired) electrons. The number of nitrogens with zero attached hydrogens (tertiary/aromatic N) is 1. The molecule has 0 heterocycles. The molecule has 0 amide bonds. The van der Waals surface area contributed by atoms with E-state index in [0.717, 1.165) is 10.5 Å². The van der Waals surface area contributed by atoms with Crippen molar-refractivity contribution in [2.75, 3.05) is 12.0 Å². The predicted octanol–water partition coefficient (Wildman–Crippen LogP) is 8.89. The molecule has 2 nitrogen and oxygen atoms in total. The van der Waals surface area contributed by atoms with E-state index in [0.29, 0.717) is 11.3 Å². The first kappa shape index (κ1) is 48.5. The summed E-state index contributed by atoms with van der Waals surface area (Å²) in [4.78, 5) is 13.2. The molecule has 1 atom stereocenters. The molecule has 0 saturated carbocycles. The van der Waals surface area contributed by atoms with E-state index < -0.39 is 144 Å². The molecule has 6 rings (SSSR count). The average Bonchev–Trinajstić information content (AvgIpc) is 3.29. The molecular weight excluding hydrogens is 933 g/mol. The smallest absolute Gasteiger partial charge is 0.212 e. The number of rotatable bonds is 8. The Balaban J connectivity index is 0.000000337.